The molecule has 0 spiro atoms. The zero-order valence-electron chi connectivity index (χ0n) is 19.0. The molecule has 2 atom stereocenters. The first-order valence-corrected chi connectivity index (χ1v) is 12.8. The SMILES string of the molecule is CCCS(=O)(=O)N1Cc2cc(C#N)ccc2N(C(C)c2cnc[nH]2)CC1Cc1ccccc1. The van der Waals surface area contributed by atoms with Crippen LogP contribution in [0.1, 0.15) is 48.7 Å². The molecule has 1 aliphatic rings. The number of fused-ring (bicyclic) bond motifs is 1. The third-order valence-electron chi connectivity index (χ3n) is 6.23. The first-order chi connectivity index (χ1) is 15.9. The first kappa shape index (κ1) is 23.0. The van der Waals surface area contributed by atoms with E-state index >= 15 is 0 Å². The summed E-state index contributed by atoms with van der Waals surface area (Å²) < 4.78 is 28.5. The molecule has 1 aliphatic heterocycles. The topological polar surface area (TPSA) is 93.1 Å². The second kappa shape index (κ2) is 9.77. The average Bonchev–Trinajstić information content (AvgIpc) is 3.30. The lowest BCUT2D eigenvalue weighted by Crippen LogP contribution is -2.47. The molecule has 0 saturated carbocycles. The predicted molar refractivity (Wildman–Crippen MR) is 129 cm³/mol. The summed E-state index contributed by atoms with van der Waals surface area (Å²) in [7, 11) is -3.49. The molecule has 0 saturated heterocycles. The molecule has 7 nitrogen and oxygen atoms in total. The second-order valence-corrected chi connectivity index (χ2v) is 10.5. The van der Waals surface area contributed by atoms with E-state index in [9.17, 15) is 13.7 Å². The minimum absolute atomic E-state index is 0.0497. The normalized spacial score (nSPS) is 17.7. The van der Waals surface area contributed by atoms with Crippen LogP contribution in [0.3, 0.4) is 0 Å². The van der Waals surface area contributed by atoms with Gasteiger partial charge in [-0.05, 0) is 49.1 Å². The number of nitriles is 1. The van der Waals surface area contributed by atoms with Crippen LogP contribution in [0.5, 0.6) is 0 Å². The number of imidazole rings is 1. The third kappa shape index (κ3) is 4.95. The zero-order valence-corrected chi connectivity index (χ0v) is 19.8. The maximum atomic E-state index is 13.4. The number of anilines is 1. The lowest BCUT2D eigenvalue weighted by atomic mass is 10.0. The number of benzene rings is 2. The van der Waals surface area contributed by atoms with E-state index in [-0.39, 0.29) is 24.4 Å². The highest BCUT2D eigenvalue weighted by molar-refractivity contribution is 7.89. The quantitative estimate of drug-likeness (QED) is 0.571. The van der Waals surface area contributed by atoms with Crippen molar-refractivity contribution in [3.63, 3.8) is 0 Å². The van der Waals surface area contributed by atoms with E-state index in [2.05, 4.69) is 27.9 Å². The molecule has 2 aromatic carbocycles. The van der Waals surface area contributed by atoms with Gasteiger partial charge in [0.1, 0.15) is 0 Å². The molecule has 0 radical (unpaired) electrons. The molecule has 0 amide bonds. The van der Waals surface area contributed by atoms with Crippen molar-refractivity contribution in [2.75, 3.05) is 17.2 Å². The number of nitrogens with one attached hydrogen (secondary N) is 1. The molecular weight excluding hydrogens is 434 g/mol. The summed E-state index contributed by atoms with van der Waals surface area (Å²) in [5.74, 6) is 0.0989. The monoisotopic (exact) mass is 463 g/mol. The third-order valence-corrected chi connectivity index (χ3v) is 8.30. The summed E-state index contributed by atoms with van der Waals surface area (Å²) in [5.41, 5.74) is 4.36. The van der Waals surface area contributed by atoms with E-state index in [4.69, 9.17) is 0 Å². The summed E-state index contributed by atoms with van der Waals surface area (Å²) in [6, 6.07) is 17.5. The Hall–Kier alpha value is -3.15. The Balaban J connectivity index is 1.83. The number of H-pyrrole nitrogens is 1. The van der Waals surface area contributed by atoms with Crippen molar-refractivity contribution >= 4 is 15.7 Å². The Bertz CT molecular complexity index is 1220. The minimum Gasteiger partial charge on any atom is -0.361 e. The van der Waals surface area contributed by atoms with Gasteiger partial charge in [-0.2, -0.15) is 9.57 Å². The number of rotatable bonds is 7. The Kier molecular flexibility index (Phi) is 6.82. The Morgan fingerprint density at radius 3 is 2.70 bits per heavy atom. The van der Waals surface area contributed by atoms with Gasteiger partial charge in [-0.25, -0.2) is 13.4 Å². The summed E-state index contributed by atoms with van der Waals surface area (Å²) in [5, 5.41) is 9.48. The fourth-order valence-corrected chi connectivity index (χ4v) is 6.24. The van der Waals surface area contributed by atoms with Crippen molar-refractivity contribution in [2.24, 2.45) is 0 Å². The maximum absolute atomic E-state index is 13.4. The molecule has 2 heterocycles. The number of aromatic amines is 1. The van der Waals surface area contributed by atoms with Crippen molar-refractivity contribution in [1.82, 2.24) is 14.3 Å². The Labute approximate surface area is 195 Å². The van der Waals surface area contributed by atoms with Gasteiger partial charge in [0.2, 0.25) is 10.0 Å². The van der Waals surface area contributed by atoms with Crippen LogP contribution >= 0.6 is 0 Å². The molecule has 4 rings (SSSR count). The molecule has 1 aromatic heterocycles. The predicted octanol–water partition coefficient (Wildman–Crippen LogP) is 4.02. The van der Waals surface area contributed by atoms with Gasteiger partial charge in [0.25, 0.3) is 0 Å². The largest absolute Gasteiger partial charge is 0.361 e. The van der Waals surface area contributed by atoms with Gasteiger partial charge in [0.05, 0.1) is 41.6 Å². The van der Waals surface area contributed by atoms with Crippen molar-refractivity contribution in [3.8, 4) is 6.07 Å². The van der Waals surface area contributed by atoms with E-state index in [1.165, 1.54) is 0 Å². The van der Waals surface area contributed by atoms with Crippen LogP contribution in [0.25, 0.3) is 0 Å². The highest BCUT2D eigenvalue weighted by atomic mass is 32.2. The molecule has 3 aromatic rings. The molecule has 0 bridgehead atoms. The fourth-order valence-electron chi connectivity index (χ4n) is 4.56. The number of nitrogens with zero attached hydrogens (tertiary/aromatic N) is 4. The highest BCUT2D eigenvalue weighted by Crippen LogP contribution is 2.36. The van der Waals surface area contributed by atoms with Crippen LogP contribution in [0.2, 0.25) is 0 Å². The Morgan fingerprint density at radius 1 is 1.24 bits per heavy atom. The van der Waals surface area contributed by atoms with Crippen LogP contribution in [0, 0.1) is 11.3 Å². The smallest absolute Gasteiger partial charge is 0.214 e. The van der Waals surface area contributed by atoms with Crippen LogP contribution in [0.4, 0.5) is 5.69 Å². The minimum atomic E-state index is -3.49. The van der Waals surface area contributed by atoms with Crippen LogP contribution < -0.4 is 4.90 Å². The molecule has 0 aliphatic carbocycles. The Morgan fingerprint density at radius 2 is 2.03 bits per heavy atom. The van der Waals surface area contributed by atoms with Gasteiger partial charge in [-0.3, -0.25) is 0 Å². The maximum Gasteiger partial charge on any atom is 0.214 e. The molecule has 2 unspecified atom stereocenters. The summed E-state index contributed by atoms with van der Waals surface area (Å²) in [4.78, 5) is 9.61. The van der Waals surface area contributed by atoms with Gasteiger partial charge < -0.3 is 9.88 Å². The van der Waals surface area contributed by atoms with Gasteiger partial charge in [-0.1, -0.05) is 37.3 Å². The molecule has 1 N–H and O–H groups in total. The van der Waals surface area contributed by atoms with Crippen LogP contribution in [0.15, 0.2) is 61.1 Å². The number of sulfonamides is 1. The number of hydrogen-bond acceptors (Lipinski definition) is 5. The highest BCUT2D eigenvalue weighted by Gasteiger charge is 2.36. The van der Waals surface area contributed by atoms with Gasteiger partial charge in [0, 0.05) is 24.8 Å². The average molecular weight is 464 g/mol. The summed E-state index contributed by atoms with van der Waals surface area (Å²) in [6.07, 6.45) is 4.62. The number of hydrogen-bond donors (Lipinski definition) is 1. The second-order valence-electron chi connectivity index (χ2n) is 8.50. The zero-order chi connectivity index (χ0) is 23.4. The van der Waals surface area contributed by atoms with E-state index in [1.54, 1.807) is 22.9 Å². The summed E-state index contributed by atoms with van der Waals surface area (Å²) in [6.45, 7) is 4.75. The van der Waals surface area contributed by atoms with Gasteiger partial charge >= 0.3 is 0 Å². The molecular formula is C25H29N5O2S. The molecule has 8 heteroatoms. The standard InChI is InChI=1S/C25H29N5O2S/c1-3-11-33(31,32)30-16-22-12-21(14-26)9-10-25(22)29(19(2)24-15-27-18-28-24)17-23(30)13-20-7-5-4-6-8-20/h4-10,12,15,18-19,23H,3,11,13,16-17H2,1-2H3,(H,27,28). The van der Waals surface area contributed by atoms with Crippen molar-refractivity contribution < 1.29 is 8.42 Å². The fraction of sp³-hybridized carbons (Fsp3) is 0.360. The van der Waals surface area contributed by atoms with E-state index in [1.807, 2.05) is 49.4 Å². The lowest BCUT2D eigenvalue weighted by Gasteiger charge is -2.35. The van der Waals surface area contributed by atoms with Crippen molar-refractivity contribution in [3.05, 3.63) is 83.4 Å². The van der Waals surface area contributed by atoms with Crippen molar-refractivity contribution in [1.29, 1.82) is 5.26 Å². The van der Waals surface area contributed by atoms with Gasteiger partial charge in [-0.15, -0.1) is 0 Å². The number of aromatic nitrogens is 2. The van der Waals surface area contributed by atoms with Gasteiger partial charge in [0.15, 0.2) is 0 Å². The van der Waals surface area contributed by atoms with E-state index in [0.29, 0.717) is 24.9 Å². The van der Waals surface area contributed by atoms with Crippen LogP contribution in [-0.2, 0) is 23.0 Å². The summed E-state index contributed by atoms with van der Waals surface area (Å²) >= 11 is 0. The van der Waals surface area contributed by atoms with Crippen molar-refractivity contribution in [2.45, 2.75) is 45.3 Å². The van der Waals surface area contributed by atoms with Crippen LogP contribution in [-0.4, -0.2) is 41.0 Å². The molecule has 0 fully saturated rings. The van der Waals surface area contributed by atoms with E-state index in [0.717, 1.165) is 22.5 Å². The lowest BCUT2D eigenvalue weighted by molar-refractivity contribution is 0.315. The first-order valence-electron chi connectivity index (χ1n) is 11.2. The molecule has 172 valence electrons. The molecule has 33 heavy (non-hydrogen) atoms. The van der Waals surface area contributed by atoms with E-state index < -0.39 is 10.0 Å².